The van der Waals surface area contributed by atoms with Crippen LogP contribution in [0.15, 0.2) is 12.1 Å². The first-order valence-corrected chi connectivity index (χ1v) is 9.40. The highest BCUT2D eigenvalue weighted by Gasteiger charge is 2.34. The number of benzene rings is 1. The quantitative estimate of drug-likeness (QED) is 0.747. The maximum absolute atomic E-state index is 6.57. The number of nitrogens with zero attached hydrogens (tertiary/aromatic N) is 1. The van der Waals surface area contributed by atoms with Gasteiger partial charge in [0.2, 0.25) is 0 Å². The summed E-state index contributed by atoms with van der Waals surface area (Å²) in [6, 6.07) is 3.98. The molecule has 5 heteroatoms. The van der Waals surface area contributed by atoms with E-state index < -0.39 is 0 Å². The average molecular weight is 362 g/mol. The summed E-state index contributed by atoms with van der Waals surface area (Å²) in [5.74, 6) is 0.625. The number of nitrogens with one attached hydrogen (secondary N) is 1. The summed E-state index contributed by atoms with van der Waals surface area (Å²) in [5, 5.41) is 5.43. The standard InChI is InChI=1S/C17H23Cl3N2/c18-13-6-7-14(19)16(20)15(13)17(12-4-2-1-3-5-12)22-10-8-21-9-11-22/h6-7,12,17,21H,1-5,8-11H2/t17-/m1/s1. The predicted molar refractivity (Wildman–Crippen MR) is 95.2 cm³/mol. The Morgan fingerprint density at radius 1 is 0.955 bits per heavy atom. The molecule has 0 aromatic heterocycles. The highest BCUT2D eigenvalue weighted by Crippen LogP contribution is 2.45. The summed E-state index contributed by atoms with van der Waals surface area (Å²) in [6.45, 7) is 4.14. The molecule has 0 amide bonds. The zero-order valence-corrected chi connectivity index (χ0v) is 15.0. The fourth-order valence-corrected chi connectivity index (χ4v) is 4.70. The lowest BCUT2D eigenvalue weighted by molar-refractivity contribution is 0.103. The monoisotopic (exact) mass is 360 g/mol. The molecule has 1 atom stereocenters. The van der Waals surface area contributed by atoms with Crippen molar-refractivity contribution in [3.63, 3.8) is 0 Å². The van der Waals surface area contributed by atoms with E-state index in [1.165, 1.54) is 32.1 Å². The van der Waals surface area contributed by atoms with Gasteiger partial charge >= 0.3 is 0 Å². The lowest BCUT2D eigenvalue weighted by Crippen LogP contribution is -2.47. The zero-order chi connectivity index (χ0) is 15.5. The number of rotatable bonds is 3. The molecule has 1 aliphatic carbocycles. The van der Waals surface area contributed by atoms with Gasteiger partial charge in [0, 0.05) is 42.8 Å². The van der Waals surface area contributed by atoms with Crippen LogP contribution >= 0.6 is 34.8 Å². The van der Waals surface area contributed by atoms with Gasteiger partial charge in [-0.05, 0) is 30.9 Å². The highest BCUT2D eigenvalue weighted by molar-refractivity contribution is 6.44. The molecular weight excluding hydrogens is 339 g/mol. The lowest BCUT2D eigenvalue weighted by Gasteiger charge is -2.42. The highest BCUT2D eigenvalue weighted by atomic mass is 35.5. The van der Waals surface area contributed by atoms with Gasteiger partial charge in [-0.25, -0.2) is 0 Å². The molecule has 0 unspecified atom stereocenters. The van der Waals surface area contributed by atoms with Gasteiger partial charge in [0.25, 0.3) is 0 Å². The molecule has 1 aliphatic heterocycles. The first-order chi connectivity index (χ1) is 10.7. The van der Waals surface area contributed by atoms with Gasteiger partial charge in [0.1, 0.15) is 0 Å². The zero-order valence-electron chi connectivity index (χ0n) is 12.8. The first kappa shape index (κ1) is 16.9. The fraction of sp³-hybridized carbons (Fsp3) is 0.647. The molecule has 3 rings (SSSR count). The molecule has 0 bridgehead atoms. The van der Waals surface area contributed by atoms with Gasteiger partial charge < -0.3 is 5.32 Å². The van der Waals surface area contributed by atoms with Crippen molar-refractivity contribution in [1.82, 2.24) is 10.2 Å². The number of hydrogen-bond acceptors (Lipinski definition) is 2. The van der Waals surface area contributed by atoms with Crippen LogP contribution in [0.2, 0.25) is 15.1 Å². The minimum Gasteiger partial charge on any atom is -0.314 e. The van der Waals surface area contributed by atoms with E-state index in [-0.39, 0.29) is 0 Å². The Kier molecular flexibility index (Phi) is 5.91. The Labute approximate surface area is 148 Å². The number of halogens is 3. The van der Waals surface area contributed by atoms with Crippen molar-refractivity contribution in [2.75, 3.05) is 26.2 Å². The minimum absolute atomic E-state index is 0.293. The van der Waals surface area contributed by atoms with E-state index in [1.54, 1.807) is 6.07 Å². The van der Waals surface area contributed by atoms with Crippen molar-refractivity contribution in [3.05, 3.63) is 32.8 Å². The molecule has 2 fully saturated rings. The molecule has 122 valence electrons. The fourth-order valence-electron chi connectivity index (χ4n) is 3.94. The molecule has 1 aromatic carbocycles. The third kappa shape index (κ3) is 3.57. The third-order valence-corrected chi connectivity index (χ3v) is 6.17. The topological polar surface area (TPSA) is 15.3 Å². The molecule has 1 N–H and O–H groups in total. The van der Waals surface area contributed by atoms with E-state index in [9.17, 15) is 0 Å². The van der Waals surface area contributed by atoms with Crippen LogP contribution in [0.3, 0.4) is 0 Å². The molecule has 1 saturated carbocycles. The molecule has 2 nitrogen and oxygen atoms in total. The van der Waals surface area contributed by atoms with E-state index in [0.29, 0.717) is 22.0 Å². The van der Waals surface area contributed by atoms with Crippen LogP contribution in [-0.2, 0) is 0 Å². The predicted octanol–water partition coefficient (Wildman–Crippen LogP) is 5.17. The Balaban J connectivity index is 1.98. The van der Waals surface area contributed by atoms with Crippen LogP contribution in [0.25, 0.3) is 0 Å². The normalized spacial score (nSPS) is 22.7. The molecular formula is C17H23Cl3N2. The van der Waals surface area contributed by atoms with E-state index >= 15 is 0 Å². The minimum atomic E-state index is 0.293. The van der Waals surface area contributed by atoms with Gasteiger partial charge in [-0.2, -0.15) is 0 Å². The summed E-state index contributed by atoms with van der Waals surface area (Å²) >= 11 is 19.4. The van der Waals surface area contributed by atoms with Crippen LogP contribution in [0.4, 0.5) is 0 Å². The second-order valence-electron chi connectivity index (χ2n) is 6.39. The van der Waals surface area contributed by atoms with Crippen LogP contribution in [0, 0.1) is 5.92 Å². The smallest absolute Gasteiger partial charge is 0.0655 e. The summed E-state index contributed by atoms with van der Waals surface area (Å²) in [6.07, 6.45) is 6.48. The SMILES string of the molecule is Clc1ccc(Cl)c([C@@H](C2CCCCC2)N2CCNCC2)c1Cl. The Hall–Kier alpha value is 0.01000. The molecule has 22 heavy (non-hydrogen) atoms. The summed E-state index contributed by atoms with van der Waals surface area (Å²) < 4.78 is 0. The molecule has 1 aromatic rings. The van der Waals surface area contributed by atoms with Crippen molar-refractivity contribution in [3.8, 4) is 0 Å². The maximum Gasteiger partial charge on any atom is 0.0655 e. The summed E-state index contributed by atoms with van der Waals surface area (Å²) in [7, 11) is 0. The first-order valence-electron chi connectivity index (χ1n) is 8.26. The van der Waals surface area contributed by atoms with E-state index in [0.717, 1.165) is 36.8 Å². The van der Waals surface area contributed by atoms with Crippen LogP contribution in [0.1, 0.15) is 43.7 Å². The van der Waals surface area contributed by atoms with E-state index in [4.69, 9.17) is 34.8 Å². The molecule has 2 aliphatic rings. The van der Waals surface area contributed by atoms with Crippen molar-refractivity contribution in [2.24, 2.45) is 5.92 Å². The summed E-state index contributed by atoms with van der Waals surface area (Å²) in [5.41, 5.74) is 1.05. The van der Waals surface area contributed by atoms with Gasteiger partial charge in [-0.3, -0.25) is 4.90 Å². The lowest BCUT2D eigenvalue weighted by atomic mass is 9.80. The number of piperazine rings is 1. The van der Waals surface area contributed by atoms with Crippen LogP contribution < -0.4 is 5.32 Å². The Bertz CT molecular complexity index is 491. The van der Waals surface area contributed by atoms with Crippen molar-refractivity contribution < 1.29 is 0 Å². The maximum atomic E-state index is 6.57. The van der Waals surface area contributed by atoms with Gasteiger partial charge in [-0.15, -0.1) is 0 Å². The van der Waals surface area contributed by atoms with Crippen molar-refractivity contribution >= 4 is 34.8 Å². The van der Waals surface area contributed by atoms with Crippen LogP contribution in [0.5, 0.6) is 0 Å². The Morgan fingerprint density at radius 2 is 1.59 bits per heavy atom. The Morgan fingerprint density at radius 3 is 2.27 bits per heavy atom. The van der Waals surface area contributed by atoms with Gasteiger partial charge in [0.15, 0.2) is 0 Å². The number of hydrogen-bond donors (Lipinski definition) is 1. The van der Waals surface area contributed by atoms with E-state index in [2.05, 4.69) is 10.2 Å². The van der Waals surface area contributed by atoms with Crippen molar-refractivity contribution in [2.45, 2.75) is 38.1 Å². The molecule has 0 radical (unpaired) electrons. The third-order valence-electron chi connectivity index (χ3n) is 5.02. The molecule has 1 heterocycles. The average Bonchev–Trinajstić information content (AvgIpc) is 2.57. The second-order valence-corrected chi connectivity index (χ2v) is 7.58. The largest absolute Gasteiger partial charge is 0.314 e. The van der Waals surface area contributed by atoms with E-state index in [1.807, 2.05) is 6.07 Å². The van der Waals surface area contributed by atoms with Crippen molar-refractivity contribution in [1.29, 1.82) is 0 Å². The van der Waals surface area contributed by atoms with Gasteiger partial charge in [0.05, 0.1) is 10.0 Å². The van der Waals surface area contributed by atoms with Gasteiger partial charge in [-0.1, -0.05) is 54.1 Å². The summed E-state index contributed by atoms with van der Waals surface area (Å²) in [4.78, 5) is 2.55. The van der Waals surface area contributed by atoms with Crippen LogP contribution in [-0.4, -0.2) is 31.1 Å². The molecule has 1 saturated heterocycles. The molecule has 0 spiro atoms. The second kappa shape index (κ2) is 7.72.